The summed E-state index contributed by atoms with van der Waals surface area (Å²) in [6.45, 7) is 3.06. The van der Waals surface area contributed by atoms with Crippen LogP contribution in [0.3, 0.4) is 0 Å². The van der Waals surface area contributed by atoms with E-state index in [1.165, 1.54) is 6.92 Å². The predicted molar refractivity (Wildman–Crippen MR) is 99.1 cm³/mol. The highest BCUT2D eigenvalue weighted by Gasteiger charge is 2.18. The molecule has 0 aliphatic carbocycles. The Morgan fingerprint density at radius 1 is 1.04 bits per heavy atom. The van der Waals surface area contributed by atoms with E-state index in [4.69, 9.17) is 16.3 Å². The molecule has 2 amide bonds. The largest absolute Gasteiger partial charge is 0.451 e. The Balaban J connectivity index is 1.79. The van der Waals surface area contributed by atoms with Gasteiger partial charge in [-0.05, 0) is 50.2 Å². The van der Waals surface area contributed by atoms with Crippen molar-refractivity contribution in [3.05, 3.63) is 64.7 Å². The Morgan fingerprint density at radius 3 is 2.27 bits per heavy atom. The molecule has 0 unspecified atom stereocenters. The molecule has 0 saturated heterocycles. The van der Waals surface area contributed by atoms with E-state index >= 15 is 0 Å². The minimum atomic E-state index is -0.990. The topological polar surface area (TPSA) is 84.5 Å². The highest BCUT2D eigenvalue weighted by molar-refractivity contribution is 6.30. The van der Waals surface area contributed by atoms with E-state index in [1.807, 2.05) is 19.1 Å². The highest BCUT2D eigenvalue weighted by atomic mass is 35.5. The fraction of sp³-hybridized carbons (Fsp3) is 0.211. The van der Waals surface area contributed by atoms with Crippen LogP contribution in [0.5, 0.6) is 0 Å². The van der Waals surface area contributed by atoms with Crippen molar-refractivity contribution in [3.63, 3.8) is 0 Å². The normalized spacial score (nSPS) is 11.3. The molecule has 0 aliphatic heterocycles. The molecule has 0 fully saturated rings. The first kappa shape index (κ1) is 19.5. The van der Waals surface area contributed by atoms with E-state index in [2.05, 4.69) is 10.6 Å². The first-order valence-electron chi connectivity index (χ1n) is 7.96. The van der Waals surface area contributed by atoms with Crippen LogP contribution in [0, 0.1) is 6.92 Å². The molecule has 0 heterocycles. The monoisotopic (exact) mass is 374 g/mol. The average molecular weight is 375 g/mol. The van der Waals surface area contributed by atoms with Gasteiger partial charge in [0.1, 0.15) is 6.54 Å². The molecule has 2 rings (SSSR count). The molecule has 0 bridgehead atoms. The van der Waals surface area contributed by atoms with Crippen LogP contribution in [-0.2, 0) is 14.3 Å². The summed E-state index contributed by atoms with van der Waals surface area (Å²) in [7, 11) is 0. The van der Waals surface area contributed by atoms with Crippen molar-refractivity contribution in [2.45, 2.75) is 20.0 Å². The number of hydrogen-bond donors (Lipinski definition) is 2. The number of halogens is 1. The van der Waals surface area contributed by atoms with Crippen molar-refractivity contribution in [2.24, 2.45) is 0 Å². The molecule has 0 aliphatic rings. The van der Waals surface area contributed by atoms with Crippen LogP contribution in [0.4, 0.5) is 5.69 Å². The molecule has 2 N–H and O–H groups in total. The number of hydrogen-bond acceptors (Lipinski definition) is 4. The molecule has 0 spiro atoms. The number of benzene rings is 2. The fourth-order valence-electron chi connectivity index (χ4n) is 2.03. The highest BCUT2D eigenvalue weighted by Crippen LogP contribution is 2.10. The van der Waals surface area contributed by atoms with Gasteiger partial charge >= 0.3 is 5.97 Å². The third-order valence-corrected chi connectivity index (χ3v) is 3.75. The minimum absolute atomic E-state index is 0.344. The number of anilines is 1. The van der Waals surface area contributed by atoms with Crippen LogP contribution in [0.1, 0.15) is 22.8 Å². The van der Waals surface area contributed by atoms with E-state index in [0.717, 1.165) is 5.56 Å². The van der Waals surface area contributed by atoms with Crippen molar-refractivity contribution in [1.29, 1.82) is 0 Å². The smallest absolute Gasteiger partial charge is 0.326 e. The lowest BCUT2D eigenvalue weighted by Crippen LogP contribution is -2.35. The lowest BCUT2D eigenvalue weighted by molar-refractivity contribution is -0.152. The lowest BCUT2D eigenvalue weighted by atomic mass is 10.2. The summed E-state index contributed by atoms with van der Waals surface area (Å²) in [4.78, 5) is 35.8. The second-order valence-corrected chi connectivity index (χ2v) is 6.11. The number of carbonyl (C=O) groups excluding carboxylic acids is 3. The Morgan fingerprint density at radius 2 is 1.65 bits per heavy atom. The molecule has 1 atom stereocenters. The van der Waals surface area contributed by atoms with E-state index in [9.17, 15) is 14.4 Å². The van der Waals surface area contributed by atoms with Gasteiger partial charge in [-0.3, -0.25) is 14.4 Å². The van der Waals surface area contributed by atoms with Crippen molar-refractivity contribution in [1.82, 2.24) is 5.32 Å². The zero-order valence-corrected chi connectivity index (χ0v) is 15.2. The Labute approximate surface area is 156 Å². The molecule has 0 saturated carbocycles. The molecule has 0 radical (unpaired) electrons. The van der Waals surface area contributed by atoms with Crippen LogP contribution in [0.2, 0.25) is 5.02 Å². The predicted octanol–water partition coefficient (Wildman–Crippen LogP) is 2.95. The standard InChI is InChI=1S/C19H19ClN2O4/c1-12-3-9-16(10-4-12)22-18(24)13(2)26-17(23)11-21-19(25)14-5-7-15(20)8-6-14/h3-10,13H,11H2,1-2H3,(H,21,25)(H,22,24)/t13-/m1/s1. The van der Waals surface area contributed by atoms with E-state index in [1.54, 1.807) is 36.4 Å². The first-order valence-corrected chi connectivity index (χ1v) is 8.34. The summed E-state index contributed by atoms with van der Waals surface area (Å²) in [6.07, 6.45) is -0.990. The van der Waals surface area contributed by atoms with Gasteiger partial charge in [0, 0.05) is 16.3 Å². The molecule has 7 heteroatoms. The molecular weight excluding hydrogens is 356 g/mol. The Kier molecular flexibility index (Phi) is 6.74. The lowest BCUT2D eigenvalue weighted by Gasteiger charge is -2.14. The van der Waals surface area contributed by atoms with Crippen LogP contribution in [0.15, 0.2) is 48.5 Å². The Hall–Kier alpha value is -2.86. The molecular formula is C19H19ClN2O4. The maximum absolute atomic E-state index is 12.0. The van der Waals surface area contributed by atoms with Crippen LogP contribution >= 0.6 is 11.6 Å². The zero-order valence-electron chi connectivity index (χ0n) is 14.4. The summed E-state index contributed by atoms with van der Waals surface area (Å²) >= 11 is 5.75. The summed E-state index contributed by atoms with van der Waals surface area (Å²) in [6, 6.07) is 13.5. The van der Waals surface area contributed by atoms with Gasteiger partial charge in [-0.15, -0.1) is 0 Å². The second kappa shape index (κ2) is 9.01. The summed E-state index contributed by atoms with van der Waals surface area (Å²) in [5.41, 5.74) is 2.05. The summed E-state index contributed by atoms with van der Waals surface area (Å²) in [5, 5.41) is 5.59. The van der Waals surface area contributed by atoms with Crippen molar-refractivity contribution < 1.29 is 19.1 Å². The third-order valence-electron chi connectivity index (χ3n) is 3.50. The molecule has 2 aromatic rings. The van der Waals surface area contributed by atoms with Crippen LogP contribution in [-0.4, -0.2) is 30.4 Å². The Bertz CT molecular complexity index is 788. The van der Waals surface area contributed by atoms with Crippen molar-refractivity contribution in [2.75, 3.05) is 11.9 Å². The van der Waals surface area contributed by atoms with E-state index < -0.39 is 23.9 Å². The van der Waals surface area contributed by atoms with Crippen LogP contribution in [0.25, 0.3) is 0 Å². The van der Waals surface area contributed by atoms with Gasteiger partial charge in [0.2, 0.25) is 0 Å². The van der Waals surface area contributed by atoms with Gasteiger partial charge in [-0.2, -0.15) is 0 Å². The van der Waals surface area contributed by atoms with Gasteiger partial charge in [-0.1, -0.05) is 29.3 Å². The molecule has 2 aromatic carbocycles. The first-order chi connectivity index (χ1) is 12.3. The number of amides is 2. The van der Waals surface area contributed by atoms with E-state index in [-0.39, 0.29) is 6.54 Å². The van der Waals surface area contributed by atoms with E-state index in [0.29, 0.717) is 16.3 Å². The zero-order chi connectivity index (χ0) is 19.1. The maximum Gasteiger partial charge on any atom is 0.326 e. The molecule has 26 heavy (non-hydrogen) atoms. The number of aryl methyl sites for hydroxylation is 1. The third kappa shape index (κ3) is 5.89. The fourth-order valence-corrected chi connectivity index (χ4v) is 2.15. The average Bonchev–Trinajstić information content (AvgIpc) is 2.62. The van der Waals surface area contributed by atoms with Gasteiger partial charge < -0.3 is 15.4 Å². The molecule has 0 aromatic heterocycles. The SMILES string of the molecule is Cc1ccc(NC(=O)[C@@H](C)OC(=O)CNC(=O)c2ccc(Cl)cc2)cc1. The number of rotatable bonds is 6. The van der Waals surface area contributed by atoms with Gasteiger partial charge in [0.15, 0.2) is 6.10 Å². The van der Waals surface area contributed by atoms with Crippen LogP contribution < -0.4 is 10.6 Å². The molecule has 6 nitrogen and oxygen atoms in total. The quantitative estimate of drug-likeness (QED) is 0.761. The van der Waals surface area contributed by atoms with Gasteiger partial charge in [0.25, 0.3) is 11.8 Å². The number of carbonyl (C=O) groups is 3. The minimum Gasteiger partial charge on any atom is -0.451 e. The van der Waals surface area contributed by atoms with Crippen molar-refractivity contribution in [3.8, 4) is 0 Å². The number of esters is 1. The molecule has 136 valence electrons. The number of ether oxygens (including phenoxy) is 1. The van der Waals surface area contributed by atoms with Gasteiger partial charge in [-0.25, -0.2) is 0 Å². The second-order valence-electron chi connectivity index (χ2n) is 5.68. The summed E-state index contributed by atoms with van der Waals surface area (Å²) in [5.74, 6) is -1.60. The van der Waals surface area contributed by atoms with Gasteiger partial charge in [0.05, 0.1) is 0 Å². The summed E-state index contributed by atoms with van der Waals surface area (Å²) < 4.78 is 5.03. The van der Waals surface area contributed by atoms with Crippen molar-refractivity contribution >= 4 is 35.1 Å². The number of nitrogens with one attached hydrogen (secondary N) is 2. The maximum atomic E-state index is 12.0.